The lowest BCUT2D eigenvalue weighted by atomic mass is 10.0. The number of benzene rings is 1. The second-order valence-corrected chi connectivity index (χ2v) is 9.22. The second kappa shape index (κ2) is 10.1. The van der Waals surface area contributed by atoms with Crippen LogP contribution in [0.3, 0.4) is 0 Å². The van der Waals surface area contributed by atoms with Crippen molar-refractivity contribution in [1.82, 2.24) is 9.97 Å². The summed E-state index contributed by atoms with van der Waals surface area (Å²) in [4.78, 5) is 38.5. The lowest BCUT2D eigenvalue weighted by Gasteiger charge is -2.36. The molecule has 2 aliphatic rings. The molecular formula is C27H26F3N5O3. The number of aryl methyl sites for hydroxylation is 1. The molecule has 1 atom stereocenters. The highest BCUT2D eigenvalue weighted by Crippen LogP contribution is 2.38. The van der Waals surface area contributed by atoms with Gasteiger partial charge in [-0.05, 0) is 44.2 Å². The highest BCUT2D eigenvalue weighted by molar-refractivity contribution is 6.04. The number of hydrogen-bond donors (Lipinski definition) is 1. The van der Waals surface area contributed by atoms with E-state index in [9.17, 15) is 22.8 Å². The van der Waals surface area contributed by atoms with E-state index < -0.39 is 17.6 Å². The van der Waals surface area contributed by atoms with Crippen molar-refractivity contribution in [3.05, 3.63) is 65.6 Å². The van der Waals surface area contributed by atoms with Crippen LogP contribution in [-0.4, -0.2) is 54.1 Å². The molecule has 0 saturated carbocycles. The first-order valence-corrected chi connectivity index (χ1v) is 12.3. The molecule has 8 nitrogen and oxygen atoms in total. The molecule has 1 N–H and O–H groups in total. The number of nitrogens with zero attached hydrogens (tertiary/aromatic N) is 4. The van der Waals surface area contributed by atoms with Crippen molar-refractivity contribution in [3.63, 3.8) is 0 Å². The molecule has 1 aromatic carbocycles. The van der Waals surface area contributed by atoms with Crippen LogP contribution in [0.25, 0.3) is 11.1 Å². The van der Waals surface area contributed by atoms with Crippen molar-refractivity contribution >= 4 is 29.0 Å². The average molecular weight is 526 g/mol. The molecular weight excluding hydrogens is 499 g/mol. The molecule has 5 rings (SSSR count). The standard InChI is InChI=1S/C27H26F3N5O3/c1-3-34-24(36)12-21-15-38-8-7-35(21)23-10-18(13-32-25(23)34)22-11-20(14-31-16(22)2)33-26(37)17-5-4-6-19(9-17)27(28,29)30/h4-6,9-11,13-14,21H,3,7-8,12,15H2,1-2H3,(H,33,37). The number of hydrogen-bond acceptors (Lipinski definition) is 6. The Balaban J connectivity index is 1.48. The molecule has 11 heteroatoms. The topological polar surface area (TPSA) is 87.7 Å². The summed E-state index contributed by atoms with van der Waals surface area (Å²) in [6, 6.07) is 7.83. The average Bonchev–Trinajstić information content (AvgIpc) is 3.02. The van der Waals surface area contributed by atoms with Crippen molar-refractivity contribution in [1.29, 1.82) is 0 Å². The smallest absolute Gasteiger partial charge is 0.377 e. The molecule has 1 fully saturated rings. The zero-order valence-corrected chi connectivity index (χ0v) is 20.9. The van der Waals surface area contributed by atoms with E-state index in [0.29, 0.717) is 55.5 Å². The van der Waals surface area contributed by atoms with Gasteiger partial charge in [0.05, 0.1) is 42.4 Å². The lowest BCUT2D eigenvalue weighted by molar-refractivity contribution is -0.137. The van der Waals surface area contributed by atoms with Crippen LogP contribution in [0.15, 0.2) is 48.8 Å². The number of halogens is 3. The number of carbonyl (C=O) groups excluding carboxylic acids is 2. The number of anilines is 3. The fourth-order valence-electron chi connectivity index (χ4n) is 4.84. The third-order valence-electron chi connectivity index (χ3n) is 6.78. The zero-order valence-electron chi connectivity index (χ0n) is 20.9. The van der Waals surface area contributed by atoms with Gasteiger partial charge >= 0.3 is 6.18 Å². The van der Waals surface area contributed by atoms with Crippen LogP contribution in [0, 0.1) is 6.92 Å². The number of ether oxygens (including phenoxy) is 1. The summed E-state index contributed by atoms with van der Waals surface area (Å²) in [7, 11) is 0. The summed E-state index contributed by atoms with van der Waals surface area (Å²) in [6.07, 6.45) is -1.10. The van der Waals surface area contributed by atoms with Crippen LogP contribution in [0.5, 0.6) is 0 Å². The molecule has 38 heavy (non-hydrogen) atoms. The molecule has 3 aromatic rings. The quantitative estimate of drug-likeness (QED) is 0.532. The summed E-state index contributed by atoms with van der Waals surface area (Å²) < 4.78 is 44.9. The lowest BCUT2D eigenvalue weighted by Crippen LogP contribution is -2.46. The number of alkyl halides is 3. The van der Waals surface area contributed by atoms with Crippen molar-refractivity contribution in [2.75, 3.05) is 41.4 Å². The van der Waals surface area contributed by atoms with Crippen molar-refractivity contribution < 1.29 is 27.5 Å². The predicted molar refractivity (Wildman–Crippen MR) is 136 cm³/mol. The van der Waals surface area contributed by atoms with E-state index in [1.54, 1.807) is 17.2 Å². The SMILES string of the molecule is CCN1C(=O)CC2COCCN2c2cc(-c3cc(NC(=O)c4cccc(C(F)(F)F)c4)cnc3C)cnc21. The number of amides is 2. The molecule has 0 aliphatic carbocycles. The van der Waals surface area contributed by atoms with Gasteiger partial charge < -0.3 is 15.0 Å². The van der Waals surface area contributed by atoms with Gasteiger partial charge in [0.1, 0.15) is 0 Å². The molecule has 2 aromatic heterocycles. The molecule has 0 spiro atoms. The molecule has 4 heterocycles. The highest BCUT2D eigenvalue weighted by Gasteiger charge is 2.35. The second-order valence-electron chi connectivity index (χ2n) is 9.22. The summed E-state index contributed by atoms with van der Waals surface area (Å²) in [5, 5.41) is 2.64. The molecule has 1 saturated heterocycles. The fourth-order valence-corrected chi connectivity index (χ4v) is 4.84. The number of morpholine rings is 1. The zero-order chi connectivity index (χ0) is 27.0. The third-order valence-corrected chi connectivity index (χ3v) is 6.78. The molecule has 0 bridgehead atoms. The summed E-state index contributed by atoms with van der Waals surface area (Å²) in [5.74, 6) is -0.101. The number of rotatable bonds is 4. The monoisotopic (exact) mass is 525 g/mol. The minimum absolute atomic E-state index is 0.0100. The van der Waals surface area contributed by atoms with Crippen LogP contribution in [0.2, 0.25) is 0 Å². The van der Waals surface area contributed by atoms with Gasteiger partial charge in [-0.3, -0.25) is 19.5 Å². The predicted octanol–water partition coefficient (Wildman–Crippen LogP) is 4.68. The van der Waals surface area contributed by atoms with Gasteiger partial charge in [-0.15, -0.1) is 0 Å². The number of aromatic nitrogens is 2. The van der Waals surface area contributed by atoms with Crippen LogP contribution in [0.1, 0.15) is 35.0 Å². The molecule has 1 unspecified atom stereocenters. The molecule has 2 amide bonds. The number of pyridine rings is 2. The van der Waals surface area contributed by atoms with E-state index in [-0.39, 0.29) is 17.5 Å². The third kappa shape index (κ3) is 4.93. The van der Waals surface area contributed by atoms with Gasteiger partial charge in [0.15, 0.2) is 5.82 Å². The van der Waals surface area contributed by atoms with E-state index in [1.807, 2.05) is 19.9 Å². The van der Waals surface area contributed by atoms with Gasteiger partial charge in [0, 0.05) is 48.1 Å². The van der Waals surface area contributed by atoms with E-state index in [2.05, 4.69) is 20.2 Å². The molecule has 2 aliphatic heterocycles. The Morgan fingerprint density at radius 1 is 1.18 bits per heavy atom. The van der Waals surface area contributed by atoms with Crippen molar-refractivity contribution in [2.24, 2.45) is 0 Å². The Kier molecular flexibility index (Phi) is 6.78. The Morgan fingerprint density at radius 2 is 2.00 bits per heavy atom. The van der Waals surface area contributed by atoms with E-state index >= 15 is 0 Å². The first kappa shape index (κ1) is 25.7. The Labute approximate surface area is 217 Å². The van der Waals surface area contributed by atoms with Crippen molar-refractivity contribution in [2.45, 2.75) is 32.5 Å². The Morgan fingerprint density at radius 3 is 2.76 bits per heavy atom. The minimum atomic E-state index is -4.55. The summed E-state index contributed by atoms with van der Waals surface area (Å²) in [6.45, 7) is 5.82. The number of fused-ring (bicyclic) bond motifs is 3. The maximum Gasteiger partial charge on any atom is 0.416 e. The summed E-state index contributed by atoms with van der Waals surface area (Å²) in [5.41, 5.74) is 2.25. The first-order valence-electron chi connectivity index (χ1n) is 12.3. The largest absolute Gasteiger partial charge is 0.416 e. The van der Waals surface area contributed by atoms with Crippen LogP contribution in [0.4, 0.5) is 30.4 Å². The van der Waals surface area contributed by atoms with E-state index in [0.717, 1.165) is 23.4 Å². The van der Waals surface area contributed by atoms with Crippen molar-refractivity contribution in [3.8, 4) is 11.1 Å². The van der Waals surface area contributed by atoms with Crippen LogP contribution < -0.4 is 15.1 Å². The maximum absolute atomic E-state index is 13.1. The van der Waals surface area contributed by atoms with Gasteiger partial charge in [0.25, 0.3) is 5.91 Å². The highest BCUT2D eigenvalue weighted by atomic mass is 19.4. The molecule has 198 valence electrons. The Hall–Kier alpha value is -3.99. The van der Waals surface area contributed by atoms with E-state index in [1.165, 1.54) is 18.3 Å². The normalized spacial score (nSPS) is 17.5. The van der Waals surface area contributed by atoms with E-state index in [4.69, 9.17) is 4.74 Å². The number of carbonyl (C=O) groups is 2. The minimum Gasteiger partial charge on any atom is -0.377 e. The van der Waals surface area contributed by atoms with Gasteiger partial charge in [-0.1, -0.05) is 6.07 Å². The van der Waals surface area contributed by atoms with Gasteiger partial charge in [-0.25, -0.2) is 4.98 Å². The Bertz CT molecular complexity index is 1390. The first-order chi connectivity index (χ1) is 18.2. The van der Waals surface area contributed by atoms with Gasteiger partial charge in [0.2, 0.25) is 5.91 Å². The fraction of sp³-hybridized carbons (Fsp3) is 0.333. The molecule has 0 radical (unpaired) electrons. The number of nitrogens with one attached hydrogen (secondary N) is 1. The van der Waals surface area contributed by atoms with Gasteiger partial charge in [-0.2, -0.15) is 13.2 Å². The maximum atomic E-state index is 13.1. The van der Waals surface area contributed by atoms with Crippen LogP contribution in [-0.2, 0) is 15.7 Å². The van der Waals surface area contributed by atoms with Crippen LogP contribution >= 0.6 is 0 Å². The summed E-state index contributed by atoms with van der Waals surface area (Å²) >= 11 is 0.